The number of fused-ring (bicyclic) bond motifs is 1. The zero-order chi connectivity index (χ0) is 23.8. The van der Waals surface area contributed by atoms with Gasteiger partial charge in [-0.25, -0.2) is 0 Å². The van der Waals surface area contributed by atoms with E-state index >= 15 is 0 Å². The van der Waals surface area contributed by atoms with Crippen LogP contribution in [0, 0.1) is 5.92 Å². The quantitative estimate of drug-likeness (QED) is 0.454. The first-order chi connectivity index (χ1) is 15.6. The molecule has 3 aromatic rings. The minimum atomic E-state index is -4.60. The lowest BCUT2D eigenvalue weighted by molar-refractivity contribution is -0.151. The number of rotatable bonds is 7. The second kappa shape index (κ2) is 9.07. The highest BCUT2D eigenvalue weighted by Crippen LogP contribution is 2.38. The summed E-state index contributed by atoms with van der Waals surface area (Å²) in [5.74, 6) is -1.45. The number of hydrogen-bond donors (Lipinski definition) is 1. The van der Waals surface area contributed by atoms with Crippen LogP contribution in [-0.4, -0.2) is 30.4 Å². The van der Waals surface area contributed by atoms with Gasteiger partial charge in [-0.3, -0.25) is 9.59 Å². The molecule has 10 heteroatoms. The van der Waals surface area contributed by atoms with Gasteiger partial charge in [0.05, 0.1) is 40.2 Å². The molecule has 33 heavy (non-hydrogen) atoms. The van der Waals surface area contributed by atoms with E-state index in [1.807, 2.05) is 0 Å². The van der Waals surface area contributed by atoms with Crippen molar-refractivity contribution < 1.29 is 37.0 Å². The van der Waals surface area contributed by atoms with Crippen LogP contribution in [0.5, 0.6) is 5.75 Å². The molecule has 1 aliphatic carbocycles. The van der Waals surface area contributed by atoms with E-state index in [0.29, 0.717) is 12.8 Å². The molecule has 1 aromatic heterocycles. The standard InChI is InChI=1S/C23H18ClF3O6/c24-17-3-1-2-15-18(28)11-20(33-21(15)17)16-5-4-13(23(25,26)27)10-19(16)32-7-6-31-14-8-12(9-14)22(29)30/h1-5,10-12,14H,6-9H2,(H,29,30). The lowest BCUT2D eigenvalue weighted by Gasteiger charge is -2.32. The van der Waals surface area contributed by atoms with Crippen LogP contribution in [0.2, 0.25) is 5.02 Å². The van der Waals surface area contributed by atoms with E-state index in [-0.39, 0.29) is 52.4 Å². The Morgan fingerprint density at radius 2 is 1.91 bits per heavy atom. The second-order valence-electron chi connectivity index (χ2n) is 7.65. The molecule has 4 rings (SSSR count). The molecule has 6 nitrogen and oxygen atoms in total. The van der Waals surface area contributed by atoms with Crippen LogP contribution in [0.4, 0.5) is 13.2 Å². The number of alkyl halides is 3. The fourth-order valence-electron chi connectivity index (χ4n) is 3.57. The van der Waals surface area contributed by atoms with Crippen LogP contribution < -0.4 is 10.2 Å². The Bertz CT molecular complexity index is 1250. The smallest absolute Gasteiger partial charge is 0.416 e. The maximum Gasteiger partial charge on any atom is 0.416 e. The van der Waals surface area contributed by atoms with Crippen molar-refractivity contribution in [2.75, 3.05) is 13.2 Å². The molecule has 0 radical (unpaired) electrons. The monoisotopic (exact) mass is 482 g/mol. The Kier molecular flexibility index (Phi) is 6.36. The molecule has 0 unspecified atom stereocenters. The Morgan fingerprint density at radius 3 is 2.61 bits per heavy atom. The second-order valence-corrected chi connectivity index (χ2v) is 8.06. The van der Waals surface area contributed by atoms with Crippen molar-refractivity contribution in [3.63, 3.8) is 0 Å². The van der Waals surface area contributed by atoms with Crippen molar-refractivity contribution in [1.29, 1.82) is 0 Å². The van der Waals surface area contributed by atoms with Crippen LogP contribution in [0.25, 0.3) is 22.3 Å². The third-order valence-corrected chi connectivity index (χ3v) is 5.72. The van der Waals surface area contributed by atoms with Gasteiger partial charge in [0.25, 0.3) is 0 Å². The molecule has 0 saturated heterocycles. The molecule has 174 valence electrons. The molecule has 1 aliphatic rings. The zero-order valence-corrected chi connectivity index (χ0v) is 17.8. The van der Waals surface area contributed by atoms with Crippen molar-refractivity contribution in [2.45, 2.75) is 25.1 Å². The number of carboxylic acid groups (broad SMARTS) is 1. The summed E-state index contributed by atoms with van der Waals surface area (Å²) in [6.45, 7) is -0.0265. The normalized spacial score (nSPS) is 18.2. The van der Waals surface area contributed by atoms with Crippen LogP contribution in [0.15, 0.2) is 51.7 Å². The summed E-state index contributed by atoms with van der Waals surface area (Å²) in [5, 5.41) is 9.33. The predicted octanol–water partition coefficient (Wildman–Crippen LogP) is 5.39. The van der Waals surface area contributed by atoms with Gasteiger partial charge in [0.1, 0.15) is 18.1 Å². The fourth-order valence-corrected chi connectivity index (χ4v) is 3.78. The molecule has 0 aliphatic heterocycles. The topological polar surface area (TPSA) is 86.0 Å². The van der Waals surface area contributed by atoms with Gasteiger partial charge in [0.2, 0.25) is 0 Å². The van der Waals surface area contributed by atoms with Crippen LogP contribution in [0.1, 0.15) is 18.4 Å². The number of ether oxygens (including phenoxy) is 2. The summed E-state index contributed by atoms with van der Waals surface area (Å²) < 4.78 is 56.6. The summed E-state index contributed by atoms with van der Waals surface area (Å²) in [4.78, 5) is 23.4. The van der Waals surface area contributed by atoms with E-state index < -0.39 is 29.1 Å². The van der Waals surface area contributed by atoms with Crippen molar-refractivity contribution >= 4 is 28.5 Å². The Morgan fingerprint density at radius 1 is 1.15 bits per heavy atom. The highest BCUT2D eigenvalue weighted by Gasteiger charge is 2.35. The highest BCUT2D eigenvalue weighted by atomic mass is 35.5. The Hall–Kier alpha value is -3.04. The van der Waals surface area contributed by atoms with Gasteiger partial charge in [-0.2, -0.15) is 13.2 Å². The number of hydrogen-bond acceptors (Lipinski definition) is 5. The highest BCUT2D eigenvalue weighted by molar-refractivity contribution is 6.34. The Labute approximate surface area is 190 Å². The van der Waals surface area contributed by atoms with Gasteiger partial charge in [-0.1, -0.05) is 17.7 Å². The Balaban J connectivity index is 1.58. The first-order valence-electron chi connectivity index (χ1n) is 10.0. The SMILES string of the molecule is O=C(O)C1CC(OCCOc2cc(C(F)(F)F)ccc2-c2cc(=O)c3cccc(Cl)c3o2)C1. The molecular weight excluding hydrogens is 465 g/mol. The van der Waals surface area contributed by atoms with Gasteiger partial charge >= 0.3 is 12.1 Å². The van der Waals surface area contributed by atoms with Crippen LogP contribution in [-0.2, 0) is 15.7 Å². The molecule has 0 bridgehead atoms. The van der Waals surface area contributed by atoms with Gasteiger partial charge in [-0.15, -0.1) is 0 Å². The maximum absolute atomic E-state index is 13.3. The fraction of sp³-hybridized carbons (Fsp3) is 0.304. The van der Waals surface area contributed by atoms with Crippen LogP contribution >= 0.6 is 11.6 Å². The molecule has 0 spiro atoms. The third kappa shape index (κ3) is 4.99. The van der Waals surface area contributed by atoms with Gasteiger partial charge in [-0.05, 0) is 43.2 Å². The molecule has 0 atom stereocenters. The third-order valence-electron chi connectivity index (χ3n) is 5.42. The summed E-state index contributed by atoms with van der Waals surface area (Å²) in [6, 6.07) is 8.70. The molecule has 0 amide bonds. The number of carbonyl (C=O) groups is 1. The summed E-state index contributed by atoms with van der Waals surface area (Å²) in [7, 11) is 0. The molecule has 1 heterocycles. The van der Waals surface area contributed by atoms with E-state index in [0.717, 1.165) is 12.1 Å². The van der Waals surface area contributed by atoms with Gasteiger partial charge in [0.15, 0.2) is 11.0 Å². The summed E-state index contributed by atoms with van der Waals surface area (Å²) >= 11 is 6.13. The average Bonchev–Trinajstić information content (AvgIpc) is 2.71. The average molecular weight is 483 g/mol. The van der Waals surface area contributed by atoms with E-state index in [1.54, 1.807) is 6.07 Å². The number of halogens is 4. The zero-order valence-electron chi connectivity index (χ0n) is 17.0. The molecule has 1 N–H and O–H groups in total. The number of aliphatic carboxylic acids is 1. The van der Waals surface area contributed by atoms with Crippen molar-refractivity contribution in [3.05, 3.63) is 63.3 Å². The molecule has 2 aromatic carbocycles. The van der Waals surface area contributed by atoms with Gasteiger partial charge in [0, 0.05) is 6.07 Å². The van der Waals surface area contributed by atoms with Crippen molar-refractivity contribution in [2.24, 2.45) is 5.92 Å². The number of carboxylic acids is 1. The van der Waals surface area contributed by atoms with E-state index in [4.69, 9.17) is 30.6 Å². The number of benzene rings is 2. The molecular formula is C23H18ClF3O6. The maximum atomic E-state index is 13.3. The van der Waals surface area contributed by atoms with E-state index in [1.165, 1.54) is 24.3 Å². The lowest BCUT2D eigenvalue weighted by Crippen LogP contribution is -2.37. The van der Waals surface area contributed by atoms with Crippen molar-refractivity contribution in [1.82, 2.24) is 0 Å². The lowest BCUT2D eigenvalue weighted by atomic mass is 9.82. The van der Waals surface area contributed by atoms with Crippen LogP contribution in [0.3, 0.4) is 0 Å². The summed E-state index contributed by atoms with van der Waals surface area (Å²) in [5.41, 5.74) is -1.06. The minimum absolute atomic E-state index is 0.00790. The molecule has 1 fully saturated rings. The largest absolute Gasteiger partial charge is 0.490 e. The summed E-state index contributed by atoms with van der Waals surface area (Å²) in [6.07, 6.45) is -4.06. The number of para-hydroxylation sites is 1. The van der Waals surface area contributed by atoms with Gasteiger partial charge < -0.3 is 19.0 Å². The van der Waals surface area contributed by atoms with E-state index in [2.05, 4.69) is 0 Å². The molecule has 1 saturated carbocycles. The predicted molar refractivity (Wildman–Crippen MR) is 114 cm³/mol. The first-order valence-corrected chi connectivity index (χ1v) is 10.4. The minimum Gasteiger partial charge on any atom is -0.490 e. The first kappa shape index (κ1) is 23.1. The van der Waals surface area contributed by atoms with Crippen molar-refractivity contribution in [3.8, 4) is 17.1 Å². The van der Waals surface area contributed by atoms with E-state index in [9.17, 15) is 22.8 Å².